The van der Waals surface area contributed by atoms with E-state index < -0.39 is 0 Å². The van der Waals surface area contributed by atoms with Gasteiger partial charge in [-0.25, -0.2) is 0 Å². The van der Waals surface area contributed by atoms with Gasteiger partial charge in [0.2, 0.25) is 0 Å². The molecule has 2 nitrogen and oxygen atoms in total. The highest BCUT2D eigenvalue weighted by Gasteiger charge is 2.28. The zero-order valence-electron chi connectivity index (χ0n) is 11.6. The predicted molar refractivity (Wildman–Crippen MR) is 74.2 cm³/mol. The highest BCUT2D eigenvalue weighted by Crippen LogP contribution is 2.39. The van der Waals surface area contributed by atoms with E-state index in [1.54, 1.807) is 17.3 Å². The van der Waals surface area contributed by atoms with Crippen LogP contribution in [0.2, 0.25) is 0 Å². The molecule has 1 aliphatic rings. The molecule has 98 valence electrons. The van der Waals surface area contributed by atoms with Crippen LogP contribution < -0.4 is 0 Å². The van der Waals surface area contributed by atoms with Crippen molar-refractivity contribution >= 4 is 17.7 Å². The Hall–Kier alpha value is -0.440. The fourth-order valence-electron chi connectivity index (χ4n) is 2.25. The van der Waals surface area contributed by atoms with Crippen LogP contribution in [-0.2, 0) is 9.53 Å². The molecule has 0 N–H and O–H groups in total. The Kier molecular flexibility index (Phi) is 5.57. The normalized spacial score (nSPS) is 26.5. The third-order valence-corrected chi connectivity index (χ3v) is 5.18. The second-order valence-electron chi connectivity index (χ2n) is 5.16. The third kappa shape index (κ3) is 4.06. The first kappa shape index (κ1) is 14.6. The average Bonchev–Trinajstić information content (AvgIpc) is 2.30. The molecule has 0 spiro atoms. The summed E-state index contributed by atoms with van der Waals surface area (Å²) in [5.74, 6) is 0.585. The summed E-state index contributed by atoms with van der Waals surface area (Å²) in [6.45, 7) is 8.62. The SMILES string of the molecule is COC(=O)C(C)SC1CC(=C(C)C)CCC1C. The van der Waals surface area contributed by atoms with Crippen molar-refractivity contribution < 1.29 is 9.53 Å². The van der Waals surface area contributed by atoms with E-state index in [-0.39, 0.29) is 11.2 Å². The van der Waals surface area contributed by atoms with Gasteiger partial charge in [-0.2, -0.15) is 0 Å². The zero-order valence-corrected chi connectivity index (χ0v) is 12.4. The minimum Gasteiger partial charge on any atom is -0.468 e. The lowest BCUT2D eigenvalue weighted by Crippen LogP contribution is -2.26. The largest absolute Gasteiger partial charge is 0.468 e. The number of thioether (sulfide) groups is 1. The summed E-state index contributed by atoms with van der Waals surface area (Å²) in [4.78, 5) is 11.5. The monoisotopic (exact) mass is 256 g/mol. The van der Waals surface area contributed by atoms with Gasteiger partial charge in [0.05, 0.1) is 12.4 Å². The van der Waals surface area contributed by atoms with E-state index in [4.69, 9.17) is 4.74 Å². The van der Waals surface area contributed by atoms with Crippen molar-refractivity contribution in [2.75, 3.05) is 7.11 Å². The Labute approximate surface area is 109 Å². The van der Waals surface area contributed by atoms with Crippen molar-refractivity contribution in [3.63, 3.8) is 0 Å². The second kappa shape index (κ2) is 6.48. The Morgan fingerprint density at radius 3 is 2.65 bits per heavy atom. The molecular formula is C14H24O2S. The van der Waals surface area contributed by atoms with Gasteiger partial charge in [-0.1, -0.05) is 18.1 Å². The Morgan fingerprint density at radius 2 is 2.12 bits per heavy atom. The van der Waals surface area contributed by atoms with Crippen LogP contribution in [0.25, 0.3) is 0 Å². The molecule has 0 radical (unpaired) electrons. The molecule has 0 saturated heterocycles. The molecule has 3 atom stereocenters. The highest BCUT2D eigenvalue weighted by molar-refractivity contribution is 8.01. The summed E-state index contributed by atoms with van der Waals surface area (Å²) in [6, 6.07) is 0. The minimum absolute atomic E-state index is 0.0519. The van der Waals surface area contributed by atoms with Gasteiger partial charge in [-0.3, -0.25) is 4.79 Å². The van der Waals surface area contributed by atoms with Gasteiger partial charge < -0.3 is 4.74 Å². The first-order valence-electron chi connectivity index (χ1n) is 6.34. The summed E-state index contributed by atoms with van der Waals surface area (Å²) in [7, 11) is 1.46. The smallest absolute Gasteiger partial charge is 0.318 e. The fourth-order valence-corrected chi connectivity index (χ4v) is 3.69. The van der Waals surface area contributed by atoms with E-state index in [0.29, 0.717) is 11.2 Å². The molecule has 0 heterocycles. The van der Waals surface area contributed by atoms with E-state index in [1.165, 1.54) is 25.5 Å². The summed E-state index contributed by atoms with van der Waals surface area (Å²) in [5, 5.41) is 0.506. The van der Waals surface area contributed by atoms with Crippen LogP contribution in [0.3, 0.4) is 0 Å². The van der Waals surface area contributed by atoms with Crippen LogP contribution in [0.5, 0.6) is 0 Å². The van der Waals surface area contributed by atoms with Gasteiger partial charge >= 0.3 is 5.97 Å². The molecule has 1 fully saturated rings. The molecule has 3 unspecified atom stereocenters. The third-order valence-electron chi connectivity index (χ3n) is 3.60. The highest BCUT2D eigenvalue weighted by atomic mass is 32.2. The molecule has 0 amide bonds. The van der Waals surface area contributed by atoms with Gasteiger partial charge in [0, 0.05) is 5.25 Å². The molecule has 0 aromatic carbocycles. The molecule has 1 saturated carbocycles. The van der Waals surface area contributed by atoms with Crippen LogP contribution >= 0.6 is 11.8 Å². The lowest BCUT2D eigenvalue weighted by Gasteiger charge is -2.32. The van der Waals surface area contributed by atoms with Crippen molar-refractivity contribution in [1.29, 1.82) is 0 Å². The number of ether oxygens (including phenoxy) is 1. The number of hydrogen-bond donors (Lipinski definition) is 0. The molecule has 3 heteroatoms. The maximum Gasteiger partial charge on any atom is 0.318 e. The van der Waals surface area contributed by atoms with Gasteiger partial charge in [-0.15, -0.1) is 11.8 Å². The molecule has 0 bridgehead atoms. The van der Waals surface area contributed by atoms with Crippen molar-refractivity contribution in [2.24, 2.45) is 5.92 Å². The fraction of sp³-hybridized carbons (Fsp3) is 0.786. The first-order chi connectivity index (χ1) is 7.95. The van der Waals surface area contributed by atoms with Crippen molar-refractivity contribution in [2.45, 2.75) is 57.5 Å². The van der Waals surface area contributed by atoms with Crippen LogP contribution in [0.1, 0.15) is 47.0 Å². The zero-order chi connectivity index (χ0) is 13.0. The minimum atomic E-state index is -0.105. The second-order valence-corrected chi connectivity index (χ2v) is 6.75. The van der Waals surface area contributed by atoms with Crippen molar-refractivity contribution in [3.8, 4) is 0 Å². The number of esters is 1. The van der Waals surface area contributed by atoms with E-state index >= 15 is 0 Å². The van der Waals surface area contributed by atoms with Gasteiger partial charge in [0.25, 0.3) is 0 Å². The Bertz CT molecular complexity index is 305. The maximum atomic E-state index is 11.5. The number of carbonyl (C=O) groups excluding carboxylic acids is 1. The van der Waals surface area contributed by atoms with Crippen LogP contribution in [0.4, 0.5) is 0 Å². The van der Waals surface area contributed by atoms with Gasteiger partial charge in [0.1, 0.15) is 0 Å². The molecular weight excluding hydrogens is 232 g/mol. The predicted octanol–water partition coefficient (Wildman–Crippen LogP) is 3.81. The summed E-state index contributed by atoms with van der Waals surface area (Å²) in [5.41, 5.74) is 3.03. The molecule has 1 rings (SSSR count). The van der Waals surface area contributed by atoms with E-state index in [0.717, 1.165) is 6.42 Å². The summed E-state index contributed by atoms with van der Waals surface area (Å²) < 4.78 is 4.79. The lowest BCUT2D eigenvalue weighted by atomic mass is 9.85. The topological polar surface area (TPSA) is 26.3 Å². The number of carbonyl (C=O) groups is 1. The summed E-state index contributed by atoms with van der Waals surface area (Å²) >= 11 is 1.77. The van der Waals surface area contributed by atoms with E-state index in [1.807, 2.05) is 6.92 Å². The molecule has 1 aliphatic carbocycles. The summed E-state index contributed by atoms with van der Waals surface area (Å²) in [6.07, 6.45) is 3.61. The standard InChI is InChI=1S/C14H24O2S/c1-9(2)12-7-6-10(3)13(8-12)17-11(4)14(15)16-5/h10-11,13H,6-8H2,1-5H3. The van der Waals surface area contributed by atoms with E-state index in [9.17, 15) is 4.79 Å². The Balaban J connectivity index is 2.62. The number of allylic oxidation sites excluding steroid dienone is 2. The van der Waals surface area contributed by atoms with Gasteiger partial charge in [0.15, 0.2) is 0 Å². The van der Waals surface area contributed by atoms with Crippen LogP contribution in [-0.4, -0.2) is 23.6 Å². The molecule has 0 aromatic rings. The quantitative estimate of drug-likeness (QED) is 0.567. The molecule has 0 aromatic heterocycles. The van der Waals surface area contributed by atoms with Crippen molar-refractivity contribution in [3.05, 3.63) is 11.1 Å². The van der Waals surface area contributed by atoms with E-state index in [2.05, 4.69) is 20.8 Å². The van der Waals surface area contributed by atoms with Crippen molar-refractivity contribution in [1.82, 2.24) is 0 Å². The van der Waals surface area contributed by atoms with Gasteiger partial charge in [-0.05, 0) is 46.0 Å². The maximum absolute atomic E-state index is 11.5. The van der Waals surface area contributed by atoms with Crippen LogP contribution in [0.15, 0.2) is 11.1 Å². The average molecular weight is 256 g/mol. The number of rotatable bonds is 3. The lowest BCUT2D eigenvalue weighted by molar-refractivity contribution is -0.139. The number of methoxy groups -OCH3 is 1. The molecule has 0 aliphatic heterocycles. The van der Waals surface area contributed by atoms with Crippen LogP contribution in [0, 0.1) is 5.92 Å². The molecule has 17 heavy (non-hydrogen) atoms. The Morgan fingerprint density at radius 1 is 1.47 bits per heavy atom. The first-order valence-corrected chi connectivity index (χ1v) is 7.28. The number of hydrogen-bond acceptors (Lipinski definition) is 3.